The molecule has 2 aromatic heterocycles. The van der Waals surface area contributed by atoms with Gasteiger partial charge in [-0.25, -0.2) is 0 Å². The highest BCUT2D eigenvalue weighted by Crippen LogP contribution is 2.23. The summed E-state index contributed by atoms with van der Waals surface area (Å²) >= 11 is 5.10. The molecule has 0 saturated heterocycles. The lowest BCUT2D eigenvalue weighted by Gasteiger charge is -2.14. The van der Waals surface area contributed by atoms with Crippen LogP contribution < -0.4 is 11.1 Å². The summed E-state index contributed by atoms with van der Waals surface area (Å²) in [6, 6.07) is 3.77. The second kappa shape index (κ2) is 5.27. The minimum absolute atomic E-state index is 0.305. The zero-order chi connectivity index (χ0) is 14.0. The van der Waals surface area contributed by atoms with Crippen molar-refractivity contribution < 1.29 is 0 Å². The number of hydrogen-bond acceptors (Lipinski definition) is 5. The van der Waals surface area contributed by atoms with Crippen LogP contribution in [-0.2, 0) is 0 Å². The van der Waals surface area contributed by atoms with E-state index in [-0.39, 0.29) is 0 Å². The molecular formula is C13H15N5S. The molecule has 0 amide bonds. The van der Waals surface area contributed by atoms with Crippen molar-refractivity contribution in [2.24, 2.45) is 5.73 Å². The summed E-state index contributed by atoms with van der Waals surface area (Å²) in [4.78, 5) is 4.52. The highest BCUT2D eigenvalue weighted by molar-refractivity contribution is 7.80. The zero-order valence-electron chi connectivity index (χ0n) is 11.1. The van der Waals surface area contributed by atoms with Crippen LogP contribution in [0.3, 0.4) is 0 Å². The molecule has 0 unspecified atom stereocenters. The molecule has 0 spiro atoms. The van der Waals surface area contributed by atoms with Gasteiger partial charge in [0.15, 0.2) is 5.82 Å². The van der Waals surface area contributed by atoms with Gasteiger partial charge in [0.2, 0.25) is 0 Å². The van der Waals surface area contributed by atoms with E-state index in [1.54, 1.807) is 6.20 Å². The number of hydrogen-bond donors (Lipinski definition) is 2. The summed E-state index contributed by atoms with van der Waals surface area (Å²) in [5, 5.41) is 11.4. The molecule has 2 aromatic rings. The molecule has 0 atom stereocenters. The van der Waals surface area contributed by atoms with E-state index in [1.807, 2.05) is 32.9 Å². The van der Waals surface area contributed by atoms with Crippen LogP contribution in [0, 0.1) is 20.8 Å². The molecule has 0 aromatic carbocycles. The highest BCUT2D eigenvalue weighted by Gasteiger charge is 2.14. The maximum Gasteiger partial charge on any atom is 0.163 e. The van der Waals surface area contributed by atoms with Crippen molar-refractivity contribution in [3.05, 3.63) is 40.8 Å². The Morgan fingerprint density at radius 2 is 1.95 bits per heavy atom. The molecular weight excluding hydrogens is 258 g/mol. The Bertz CT molecular complexity index is 639. The lowest BCUT2D eigenvalue weighted by Crippen LogP contribution is -2.17. The van der Waals surface area contributed by atoms with Crippen molar-refractivity contribution in [3.63, 3.8) is 0 Å². The summed E-state index contributed by atoms with van der Waals surface area (Å²) in [6.07, 6.45) is 1.74. The third-order valence-corrected chi connectivity index (χ3v) is 3.17. The summed E-state index contributed by atoms with van der Waals surface area (Å²) in [6.45, 7) is 5.72. The number of anilines is 2. The van der Waals surface area contributed by atoms with Gasteiger partial charge in [-0.1, -0.05) is 12.2 Å². The quantitative estimate of drug-likeness (QED) is 0.835. The third-order valence-electron chi connectivity index (χ3n) is 2.96. The molecule has 19 heavy (non-hydrogen) atoms. The smallest absolute Gasteiger partial charge is 0.163 e. The van der Waals surface area contributed by atoms with Gasteiger partial charge in [0, 0.05) is 6.20 Å². The molecule has 2 heterocycles. The average molecular weight is 273 g/mol. The van der Waals surface area contributed by atoms with Gasteiger partial charge in [0.1, 0.15) is 4.99 Å². The molecule has 2 rings (SSSR count). The number of aromatic nitrogens is 3. The first-order valence-corrected chi connectivity index (χ1v) is 6.24. The van der Waals surface area contributed by atoms with E-state index in [1.165, 1.54) is 0 Å². The number of rotatable bonds is 3. The van der Waals surface area contributed by atoms with Crippen LogP contribution in [0.2, 0.25) is 0 Å². The second-order valence-electron chi connectivity index (χ2n) is 4.26. The van der Waals surface area contributed by atoms with Crippen LogP contribution in [0.1, 0.15) is 22.5 Å². The first-order chi connectivity index (χ1) is 9.00. The van der Waals surface area contributed by atoms with Gasteiger partial charge >= 0.3 is 0 Å². The minimum Gasteiger partial charge on any atom is -0.389 e. The molecule has 98 valence electrons. The third kappa shape index (κ3) is 2.68. The molecule has 6 heteroatoms. The van der Waals surface area contributed by atoms with Crippen LogP contribution in [0.5, 0.6) is 0 Å². The molecule has 0 aliphatic heterocycles. The maximum atomic E-state index is 5.78. The van der Waals surface area contributed by atoms with Crippen molar-refractivity contribution >= 4 is 28.7 Å². The summed E-state index contributed by atoms with van der Waals surface area (Å²) < 4.78 is 0. The summed E-state index contributed by atoms with van der Waals surface area (Å²) in [5.74, 6) is 0.562. The van der Waals surface area contributed by atoms with Crippen LogP contribution in [0.15, 0.2) is 18.3 Å². The van der Waals surface area contributed by atoms with Crippen molar-refractivity contribution in [2.45, 2.75) is 20.8 Å². The Labute approximate surface area is 117 Å². The fourth-order valence-electron chi connectivity index (χ4n) is 1.74. The summed E-state index contributed by atoms with van der Waals surface area (Å²) in [5.41, 5.74) is 9.99. The molecule has 5 nitrogen and oxygen atoms in total. The van der Waals surface area contributed by atoms with E-state index < -0.39 is 0 Å². The number of pyridine rings is 1. The monoisotopic (exact) mass is 273 g/mol. The number of thiocarbonyl (C=S) groups is 1. The zero-order valence-corrected chi connectivity index (χ0v) is 11.9. The van der Waals surface area contributed by atoms with E-state index in [4.69, 9.17) is 18.0 Å². The van der Waals surface area contributed by atoms with E-state index in [0.29, 0.717) is 10.8 Å². The van der Waals surface area contributed by atoms with Crippen LogP contribution in [0.25, 0.3) is 0 Å². The van der Waals surface area contributed by atoms with Gasteiger partial charge in [-0.3, -0.25) is 4.98 Å². The minimum atomic E-state index is 0.305. The van der Waals surface area contributed by atoms with Crippen molar-refractivity contribution in [3.8, 4) is 0 Å². The van der Waals surface area contributed by atoms with Gasteiger partial charge in [0.05, 0.1) is 22.6 Å². The number of nitrogens with zero attached hydrogens (tertiary/aromatic N) is 3. The Balaban J connectivity index is 2.49. The lowest BCUT2D eigenvalue weighted by molar-refractivity contribution is 0.962. The van der Waals surface area contributed by atoms with Crippen molar-refractivity contribution in [2.75, 3.05) is 5.32 Å². The Kier molecular flexibility index (Phi) is 3.71. The fourth-order valence-corrected chi connectivity index (χ4v) is 1.99. The average Bonchev–Trinajstić information content (AvgIpc) is 2.36. The maximum absolute atomic E-state index is 5.78. The molecule has 0 radical (unpaired) electrons. The molecule has 0 fully saturated rings. The SMILES string of the molecule is Cc1ncccc1Nc1nnc(C)c(C)c1C(N)=S. The Morgan fingerprint density at radius 1 is 1.21 bits per heavy atom. The van der Waals surface area contributed by atoms with E-state index in [0.717, 1.165) is 28.2 Å². The summed E-state index contributed by atoms with van der Waals surface area (Å²) in [7, 11) is 0. The van der Waals surface area contributed by atoms with Gasteiger partial charge < -0.3 is 11.1 Å². The second-order valence-corrected chi connectivity index (χ2v) is 4.70. The first kappa shape index (κ1) is 13.4. The number of aryl methyl sites for hydroxylation is 2. The van der Waals surface area contributed by atoms with Gasteiger partial charge in [-0.15, -0.1) is 5.10 Å². The molecule has 0 aliphatic rings. The van der Waals surface area contributed by atoms with Crippen LogP contribution >= 0.6 is 12.2 Å². The molecule has 0 bridgehead atoms. The van der Waals surface area contributed by atoms with E-state index >= 15 is 0 Å². The Hall–Kier alpha value is -2.08. The van der Waals surface area contributed by atoms with Gasteiger partial charge in [-0.2, -0.15) is 5.10 Å². The predicted octanol–water partition coefficient (Wildman–Crippen LogP) is 2.17. The van der Waals surface area contributed by atoms with E-state index in [2.05, 4.69) is 20.5 Å². The molecule has 0 aliphatic carbocycles. The normalized spacial score (nSPS) is 10.3. The Morgan fingerprint density at radius 3 is 2.58 bits per heavy atom. The largest absolute Gasteiger partial charge is 0.389 e. The lowest BCUT2D eigenvalue weighted by atomic mass is 10.1. The van der Waals surface area contributed by atoms with Gasteiger partial charge in [-0.05, 0) is 38.5 Å². The van der Waals surface area contributed by atoms with Crippen molar-refractivity contribution in [1.29, 1.82) is 0 Å². The topological polar surface area (TPSA) is 76.7 Å². The predicted molar refractivity (Wildman–Crippen MR) is 79.7 cm³/mol. The molecule has 3 N–H and O–H groups in total. The first-order valence-electron chi connectivity index (χ1n) is 5.83. The van der Waals surface area contributed by atoms with Crippen LogP contribution in [-0.4, -0.2) is 20.2 Å². The fraction of sp³-hybridized carbons (Fsp3) is 0.231. The van der Waals surface area contributed by atoms with Crippen LogP contribution in [0.4, 0.5) is 11.5 Å². The van der Waals surface area contributed by atoms with E-state index in [9.17, 15) is 0 Å². The number of nitrogens with one attached hydrogen (secondary N) is 1. The van der Waals surface area contributed by atoms with Crippen molar-refractivity contribution in [1.82, 2.24) is 15.2 Å². The number of nitrogens with two attached hydrogens (primary N) is 1. The van der Waals surface area contributed by atoms with Gasteiger partial charge in [0.25, 0.3) is 0 Å². The standard InChI is InChI=1S/C13H15N5S/c1-7-8(2)17-18-13(11(7)12(14)19)16-10-5-4-6-15-9(10)3/h4-6H,1-3H3,(H2,14,19)(H,16,18). The highest BCUT2D eigenvalue weighted by atomic mass is 32.1. The molecule has 0 saturated carbocycles.